The van der Waals surface area contributed by atoms with Crippen LogP contribution in [0, 0.1) is 0 Å². The molecule has 0 aliphatic carbocycles. The van der Waals surface area contributed by atoms with Crippen LogP contribution in [0.3, 0.4) is 0 Å². The minimum Gasteiger partial charge on any atom is -0.342 e. The van der Waals surface area contributed by atoms with Gasteiger partial charge in [-0.2, -0.15) is 0 Å². The van der Waals surface area contributed by atoms with Crippen LogP contribution < -0.4 is 4.90 Å². The number of hydrogen-bond acceptors (Lipinski definition) is 8. The van der Waals surface area contributed by atoms with Crippen molar-refractivity contribution in [2.24, 2.45) is 0 Å². The molecule has 3 aliphatic rings. The van der Waals surface area contributed by atoms with Crippen LogP contribution >= 0.6 is 11.3 Å². The van der Waals surface area contributed by atoms with Gasteiger partial charge in [-0.25, -0.2) is 4.63 Å². The molecule has 5 heterocycles. The third-order valence-electron chi connectivity index (χ3n) is 3.90. The molecule has 0 N–H and O–H groups in total. The topological polar surface area (TPSA) is 71.2 Å². The zero-order valence-electron chi connectivity index (χ0n) is 10.4. The molecule has 0 atom stereocenters. The summed E-state index contributed by atoms with van der Waals surface area (Å²) in [6.45, 7) is 4.58. The summed E-state index contributed by atoms with van der Waals surface area (Å²) in [7, 11) is 0. The van der Waals surface area contributed by atoms with Crippen LogP contribution in [-0.4, -0.2) is 57.6 Å². The summed E-state index contributed by atoms with van der Waals surface area (Å²) in [5.74, 6) is 0. The van der Waals surface area contributed by atoms with Gasteiger partial charge in [-0.1, -0.05) is 16.5 Å². The molecular formula is C11H14N6OS. The summed E-state index contributed by atoms with van der Waals surface area (Å²) >= 11 is 1.57. The van der Waals surface area contributed by atoms with Gasteiger partial charge in [0.25, 0.3) is 0 Å². The van der Waals surface area contributed by atoms with E-state index in [1.165, 1.54) is 25.9 Å². The molecule has 3 fully saturated rings. The van der Waals surface area contributed by atoms with Gasteiger partial charge in [-0.05, 0) is 18.0 Å². The van der Waals surface area contributed by atoms with E-state index in [2.05, 4.69) is 34.9 Å². The van der Waals surface area contributed by atoms with Crippen molar-refractivity contribution in [3.05, 3.63) is 6.20 Å². The number of aromatic nitrogens is 4. The maximum atomic E-state index is 4.61. The molecule has 3 saturated heterocycles. The maximum absolute atomic E-state index is 4.61. The second-order valence-corrected chi connectivity index (χ2v) is 5.90. The SMILES string of the molecule is c1nonc1-c1nnc(N2CCN3CCC2CC3)s1. The Morgan fingerprint density at radius 3 is 2.84 bits per heavy atom. The van der Waals surface area contributed by atoms with E-state index in [1.807, 2.05) is 0 Å². The number of nitrogens with zero attached hydrogens (tertiary/aromatic N) is 6. The van der Waals surface area contributed by atoms with Gasteiger partial charge in [0.15, 0.2) is 10.7 Å². The molecule has 100 valence electrons. The van der Waals surface area contributed by atoms with Gasteiger partial charge in [-0.15, -0.1) is 10.2 Å². The molecule has 19 heavy (non-hydrogen) atoms. The first-order chi connectivity index (χ1) is 9.40. The number of rotatable bonds is 2. The summed E-state index contributed by atoms with van der Waals surface area (Å²) in [6, 6.07) is 0.606. The molecule has 0 unspecified atom stereocenters. The van der Waals surface area contributed by atoms with E-state index in [0.717, 1.165) is 23.2 Å². The zero-order chi connectivity index (χ0) is 12.7. The second kappa shape index (κ2) is 4.53. The summed E-state index contributed by atoms with van der Waals surface area (Å²) in [4.78, 5) is 4.93. The van der Waals surface area contributed by atoms with E-state index in [1.54, 1.807) is 17.5 Å². The zero-order valence-corrected chi connectivity index (χ0v) is 11.2. The Labute approximate surface area is 114 Å². The lowest BCUT2D eigenvalue weighted by Crippen LogP contribution is -2.37. The quantitative estimate of drug-likeness (QED) is 0.807. The fourth-order valence-corrected chi connectivity index (χ4v) is 3.72. The fourth-order valence-electron chi connectivity index (χ4n) is 2.83. The van der Waals surface area contributed by atoms with Gasteiger partial charge in [-0.3, -0.25) is 0 Å². The fraction of sp³-hybridized carbons (Fsp3) is 0.636. The standard InChI is InChI=1S/C11H14N6OS/c1-3-16-4-2-8(1)17(6-5-16)11-14-13-10(19-11)9-7-12-18-15-9/h7-8H,1-6H2. The lowest BCUT2D eigenvalue weighted by atomic mass is 10.1. The highest BCUT2D eigenvalue weighted by molar-refractivity contribution is 7.18. The van der Waals surface area contributed by atoms with E-state index in [0.29, 0.717) is 11.7 Å². The van der Waals surface area contributed by atoms with Crippen LogP contribution in [-0.2, 0) is 0 Å². The van der Waals surface area contributed by atoms with Crippen LogP contribution in [0.25, 0.3) is 10.7 Å². The van der Waals surface area contributed by atoms with Crippen molar-refractivity contribution in [2.75, 3.05) is 31.1 Å². The molecule has 2 aromatic heterocycles. The molecule has 0 aromatic carbocycles. The third kappa shape index (κ3) is 2.00. The predicted molar refractivity (Wildman–Crippen MR) is 70.0 cm³/mol. The molecule has 3 aliphatic heterocycles. The van der Waals surface area contributed by atoms with E-state index in [4.69, 9.17) is 0 Å². The van der Waals surface area contributed by atoms with Gasteiger partial charge >= 0.3 is 0 Å². The highest BCUT2D eigenvalue weighted by Crippen LogP contribution is 2.32. The molecule has 0 radical (unpaired) electrons. The van der Waals surface area contributed by atoms with Crippen molar-refractivity contribution < 1.29 is 4.63 Å². The molecule has 8 heteroatoms. The monoisotopic (exact) mass is 278 g/mol. The molecule has 7 nitrogen and oxygen atoms in total. The van der Waals surface area contributed by atoms with Gasteiger partial charge in [0.2, 0.25) is 5.13 Å². The van der Waals surface area contributed by atoms with Crippen molar-refractivity contribution in [3.8, 4) is 10.7 Å². The van der Waals surface area contributed by atoms with Crippen molar-refractivity contribution >= 4 is 16.5 Å². The van der Waals surface area contributed by atoms with Crippen LogP contribution in [0.15, 0.2) is 10.8 Å². The Morgan fingerprint density at radius 1 is 1.16 bits per heavy atom. The van der Waals surface area contributed by atoms with E-state index >= 15 is 0 Å². The first kappa shape index (κ1) is 11.3. The lowest BCUT2D eigenvalue weighted by Gasteiger charge is -2.30. The first-order valence-corrected chi connectivity index (χ1v) is 7.32. The Bertz CT molecular complexity index is 547. The largest absolute Gasteiger partial charge is 0.342 e. The number of anilines is 1. The summed E-state index contributed by atoms with van der Waals surface area (Å²) in [5.41, 5.74) is 0.659. The van der Waals surface area contributed by atoms with Crippen molar-refractivity contribution in [3.63, 3.8) is 0 Å². The lowest BCUT2D eigenvalue weighted by molar-refractivity contribution is 0.250. The van der Waals surface area contributed by atoms with Gasteiger partial charge < -0.3 is 9.80 Å². The Balaban J connectivity index is 1.62. The summed E-state index contributed by atoms with van der Waals surface area (Å²) in [5, 5.41) is 17.7. The van der Waals surface area contributed by atoms with Crippen molar-refractivity contribution in [1.82, 2.24) is 25.4 Å². The number of piperidine rings is 1. The average Bonchev–Trinajstić information content (AvgIpc) is 3.05. The minimum atomic E-state index is 0.606. The van der Waals surface area contributed by atoms with Gasteiger partial charge in [0.05, 0.1) is 0 Å². The smallest absolute Gasteiger partial charge is 0.208 e. The van der Waals surface area contributed by atoms with Crippen LogP contribution in [0.4, 0.5) is 5.13 Å². The highest BCUT2D eigenvalue weighted by atomic mass is 32.1. The number of fused-ring (bicyclic) bond motifs is 4. The molecule has 2 bridgehead atoms. The van der Waals surface area contributed by atoms with Crippen molar-refractivity contribution in [2.45, 2.75) is 18.9 Å². The summed E-state index contributed by atoms with van der Waals surface area (Å²) < 4.78 is 4.61. The first-order valence-electron chi connectivity index (χ1n) is 6.50. The molecule has 2 aromatic rings. The normalized spacial score (nSPS) is 26.6. The van der Waals surface area contributed by atoms with Crippen LogP contribution in [0.1, 0.15) is 12.8 Å². The predicted octanol–water partition coefficient (Wildman–Crippen LogP) is 0.872. The average molecular weight is 278 g/mol. The minimum absolute atomic E-state index is 0.606. The Hall–Kier alpha value is -1.54. The molecule has 0 spiro atoms. The molecule has 0 saturated carbocycles. The highest BCUT2D eigenvalue weighted by Gasteiger charge is 2.31. The van der Waals surface area contributed by atoms with E-state index in [-0.39, 0.29) is 0 Å². The maximum Gasteiger partial charge on any atom is 0.208 e. The molecular weight excluding hydrogens is 264 g/mol. The van der Waals surface area contributed by atoms with Crippen molar-refractivity contribution in [1.29, 1.82) is 0 Å². The van der Waals surface area contributed by atoms with Gasteiger partial charge in [0.1, 0.15) is 6.20 Å². The van der Waals surface area contributed by atoms with Gasteiger partial charge in [0, 0.05) is 32.2 Å². The van der Waals surface area contributed by atoms with E-state index in [9.17, 15) is 0 Å². The van der Waals surface area contributed by atoms with Crippen LogP contribution in [0.5, 0.6) is 0 Å². The second-order valence-electron chi connectivity index (χ2n) is 4.95. The third-order valence-corrected chi connectivity index (χ3v) is 4.88. The van der Waals surface area contributed by atoms with E-state index < -0.39 is 0 Å². The Kier molecular flexibility index (Phi) is 2.70. The number of hydrogen-bond donors (Lipinski definition) is 0. The summed E-state index contributed by atoms with van der Waals surface area (Å²) in [6.07, 6.45) is 4.02. The molecule has 0 amide bonds. The van der Waals surface area contributed by atoms with Crippen LogP contribution in [0.2, 0.25) is 0 Å². The molecule has 5 rings (SSSR count). The Morgan fingerprint density at radius 2 is 2.05 bits per heavy atom.